The number of halogens is 1. The Hall–Kier alpha value is -4.96. The number of ketones is 1. The molecular formula is C38H30FNO2. The average molecular weight is 552 g/mol. The number of nitrogens with one attached hydrogen (secondary N) is 1. The predicted octanol–water partition coefficient (Wildman–Crippen LogP) is 6.83. The van der Waals surface area contributed by atoms with E-state index < -0.39 is 0 Å². The number of allylic oxidation sites excluding steroid dienone is 5. The van der Waals surface area contributed by atoms with Gasteiger partial charge in [-0.1, -0.05) is 72.8 Å². The van der Waals surface area contributed by atoms with E-state index in [1.807, 2.05) is 42.6 Å². The van der Waals surface area contributed by atoms with E-state index in [1.165, 1.54) is 39.6 Å². The van der Waals surface area contributed by atoms with Crippen LogP contribution in [0.3, 0.4) is 0 Å². The van der Waals surface area contributed by atoms with E-state index in [9.17, 15) is 9.18 Å². The Kier molecular flexibility index (Phi) is 6.67. The summed E-state index contributed by atoms with van der Waals surface area (Å²) in [6, 6.07) is 25.1. The quantitative estimate of drug-likeness (QED) is 0.277. The number of para-hydroxylation sites is 1. The van der Waals surface area contributed by atoms with E-state index in [1.54, 1.807) is 19.2 Å². The van der Waals surface area contributed by atoms with Crippen LogP contribution in [-0.4, -0.2) is 12.9 Å². The number of hydrogen-bond acceptors (Lipinski definition) is 3. The van der Waals surface area contributed by atoms with Gasteiger partial charge in [-0.3, -0.25) is 4.79 Å². The number of carbonyl (C=O) groups is 1. The van der Waals surface area contributed by atoms with Crippen molar-refractivity contribution in [3.8, 4) is 28.0 Å². The first-order valence-corrected chi connectivity index (χ1v) is 14.3. The molecule has 3 aliphatic rings. The van der Waals surface area contributed by atoms with E-state index >= 15 is 0 Å². The van der Waals surface area contributed by atoms with Crippen LogP contribution in [0.2, 0.25) is 0 Å². The third-order valence-electron chi connectivity index (χ3n) is 8.58. The standard InChI is InChI=1S/C38H30FNO2/c1-42-37-9-5-4-7-30(37)26-12-16-29-25(21-26)13-17-32-31(29)18-19-33-34(32)22-27(38(41)24-10-14-28(39)15-11-24)23-35(33)36-8-3-2-6-20-40-36/h2-12,14-22,27,35,40H,13,23H2,1H3. The van der Waals surface area contributed by atoms with Gasteiger partial charge in [-0.15, -0.1) is 0 Å². The molecule has 0 spiro atoms. The van der Waals surface area contributed by atoms with Crippen molar-refractivity contribution in [3.63, 3.8) is 0 Å². The van der Waals surface area contributed by atoms with Crippen molar-refractivity contribution in [1.29, 1.82) is 0 Å². The van der Waals surface area contributed by atoms with Crippen LogP contribution in [0, 0.1) is 11.7 Å². The van der Waals surface area contributed by atoms with Crippen LogP contribution < -0.4 is 20.5 Å². The van der Waals surface area contributed by atoms with Gasteiger partial charge in [-0.25, -0.2) is 4.39 Å². The van der Waals surface area contributed by atoms with E-state index in [-0.39, 0.29) is 23.4 Å². The highest BCUT2D eigenvalue weighted by molar-refractivity contribution is 6.01. The summed E-state index contributed by atoms with van der Waals surface area (Å²) in [6.07, 6.45) is 15.9. The maximum absolute atomic E-state index is 13.8. The zero-order chi connectivity index (χ0) is 28.6. The Labute approximate surface area is 244 Å². The minimum atomic E-state index is -0.343. The monoisotopic (exact) mass is 551 g/mol. The molecule has 4 heteroatoms. The molecule has 1 heterocycles. The molecule has 4 aromatic rings. The number of Topliss-reactive ketones (excluding diaryl/α,β-unsaturated/α-hetero) is 1. The van der Waals surface area contributed by atoms with E-state index in [4.69, 9.17) is 4.74 Å². The van der Waals surface area contributed by atoms with Gasteiger partial charge in [0.15, 0.2) is 5.78 Å². The van der Waals surface area contributed by atoms with Crippen LogP contribution in [0.5, 0.6) is 5.75 Å². The number of hydrogen-bond donors (Lipinski definition) is 1. The first-order valence-electron chi connectivity index (χ1n) is 14.3. The molecule has 2 aliphatic carbocycles. The second kappa shape index (κ2) is 10.8. The zero-order valence-corrected chi connectivity index (χ0v) is 23.3. The average Bonchev–Trinajstić information content (AvgIpc) is 3.33. The lowest BCUT2D eigenvalue weighted by Crippen LogP contribution is -2.39. The first-order chi connectivity index (χ1) is 20.6. The molecule has 0 radical (unpaired) electrons. The van der Waals surface area contributed by atoms with Gasteiger partial charge in [-0.2, -0.15) is 0 Å². The topological polar surface area (TPSA) is 38.3 Å². The molecular weight excluding hydrogens is 521 g/mol. The van der Waals surface area contributed by atoms with Crippen molar-refractivity contribution in [3.05, 3.63) is 148 Å². The van der Waals surface area contributed by atoms with Gasteiger partial charge in [0.25, 0.3) is 0 Å². The predicted molar refractivity (Wildman–Crippen MR) is 167 cm³/mol. The van der Waals surface area contributed by atoms with Crippen LogP contribution in [0.4, 0.5) is 4.39 Å². The molecule has 0 amide bonds. The van der Waals surface area contributed by atoms with Crippen molar-refractivity contribution in [2.75, 3.05) is 7.11 Å². The van der Waals surface area contributed by atoms with Crippen LogP contribution in [-0.2, 0) is 6.42 Å². The van der Waals surface area contributed by atoms with Crippen molar-refractivity contribution in [1.82, 2.24) is 5.32 Å². The van der Waals surface area contributed by atoms with Crippen molar-refractivity contribution in [2.45, 2.75) is 18.8 Å². The molecule has 2 atom stereocenters. The Morgan fingerprint density at radius 2 is 1.71 bits per heavy atom. The molecule has 0 fully saturated rings. The largest absolute Gasteiger partial charge is 0.496 e. The summed E-state index contributed by atoms with van der Waals surface area (Å²) >= 11 is 0. The van der Waals surface area contributed by atoms with Crippen LogP contribution in [0.1, 0.15) is 33.8 Å². The molecule has 0 saturated carbocycles. The van der Waals surface area contributed by atoms with Gasteiger partial charge in [0.1, 0.15) is 11.6 Å². The van der Waals surface area contributed by atoms with Crippen LogP contribution in [0.25, 0.3) is 34.4 Å². The summed E-state index contributed by atoms with van der Waals surface area (Å²) in [6.45, 7) is 0. The van der Waals surface area contributed by atoms with Crippen LogP contribution >= 0.6 is 0 Å². The van der Waals surface area contributed by atoms with Crippen molar-refractivity contribution >= 4 is 17.9 Å². The molecule has 2 unspecified atom stereocenters. The fourth-order valence-corrected chi connectivity index (χ4v) is 6.53. The number of benzene rings is 4. The maximum Gasteiger partial charge on any atom is 0.169 e. The molecule has 4 aromatic carbocycles. The van der Waals surface area contributed by atoms with Gasteiger partial charge in [0.05, 0.1) is 7.11 Å². The lowest BCUT2D eigenvalue weighted by Gasteiger charge is -2.30. The van der Waals surface area contributed by atoms with Gasteiger partial charge in [0.2, 0.25) is 0 Å². The van der Waals surface area contributed by atoms with Crippen molar-refractivity contribution < 1.29 is 13.9 Å². The number of carbonyl (C=O) groups excluding carboxylic acids is 1. The number of methoxy groups -OCH3 is 1. The minimum absolute atomic E-state index is 0.0137. The third-order valence-corrected chi connectivity index (χ3v) is 8.58. The summed E-state index contributed by atoms with van der Waals surface area (Å²) in [5.74, 6) is 0.211. The molecule has 1 aliphatic heterocycles. The SMILES string of the molecule is COc1ccccc1-c1ccc2c(c1)CC=c1c-2ccc2c1=CC(C(=O)c1ccc(F)cc1)CC2C1=CC=CC=CN1. The number of ether oxygens (including phenoxy) is 1. The fraction of sp³-hybridized carbons (Fsp3) is 0.132. The molecule has 3 nitrogen and oxygen atoms in total. The smallest absolute Gasteiger partial charge is 0.169 e. The van der Waals surface area contributed by atoms with Gasteiger partial charge in [0, 0.05) is 34.9 Å². The van der Waals surface area contributed by atoms with Crippen LogP contribution in [0.15, 0.2) is 115 Å². The Balaban J connectivity index is 1.36. The highest BCUT2D eigenvalue weighted by Gasteiger charge is 2.31. The third kappa shape index (κ3) is 4.59. The molecule has 0 aromatic heterocycles. The molecule has 0 saturated heterocycles. The summed E-state index contributed by atoms with van der Waals surface area (Å²) in [4.78, 5) is 13.8. The molecule has 7 rings (SSSR count). The Morgan fingerprint density at radius 1 is 0.881 bits per heavy atom. The van der Waals surface area contributed by atoms with E-state index in [0.717, 1.165) is 34.2 Å². The fourth-order valence-electron chi connectivity index (χ4n) is 6.53. The van der Waals surface area contributed by atoms with Gasteiger partial charge >= 0.3 is 0 Å². The highest BCUT2D eigenvalue weighted by Crippen LogP contribution is 2.37. The number of rotatable bonds is 5. The number of fused-ring (bicyclic) bond motifs is 5. The molecule has 42 heavy (non-hydrogen) atoms. The second-order valence-electron chi connectivity index (χ2n) is 11.0. The van der Waals surface area contributed by atoms with Gasteiger partial charge < -0.3 is 10.1 Å². The zero-order valence-electron chi connectivity index (χ0n) is 23.3. The summed E-state index contributed by atoms with van der Waals surface area (Å²) in [7, 11) is 1.70. The summed E-state index contributed by atoms with van der Waals surface area (Å²) in [5, 5.41) is 5.74. The van der Waals surface area contributed by atoms with Gasteiger partial charge in [-0.05, 0) is 93.6 Å². The Morgan fingerprint density at radius 3 is 2.57 bits per heavy atom. The molecule has 0 bridgehead atoms. The summed E-state index contributed by atoms with van der Waals surface area (Å²) < 4.78 is 19.3. The normalized spacial score (nSPS) is 18.2. The maximum atomic E-state index is 13.8. The first kappa shape index (κ1) is 26.0. The molecule has 1 N–H and O–H groups in total. The van der Waals surface area contributed by atoms with E-state index in [2.05, 4.69) is 59.9 Å². The lowest BCUT2D eigenvalue weighted by molar-refractivity contribution is 0.0943. The minimum Gasteiger partial charge on any atom is -0.496 e. The summed E-state index contributed by atoms with van der Waals surface area (Å²) in [5.41, 5.74) is 8.66. The lowest BCUT2D eigenvalue weighted by atomic mass is 9.75. The molecule has 206 valence electrons. The Bertz CT molecular complexity index is 1930. The second-order valence-corrected chi connectivity index (χ2v) is 11.0. The highest BCUT2D eigenvalue weighted by atomic mass is 19.1. The van der Waals surface area contributed by atoms with E-state index in [0.29, 0.717) is 12.0 Å². The van der Waals surface area contributed by atoms with Crippen molar-refractivity contribution in [2.24, 2.45) is 5.92 Å².